The number of aromatic carboxylic acids is 1. The number of hydrogen-bond donors (Lipinski definition) is 2. The first-order valence-electron chi connectivity index (χ1n) is 5.48. The lowest BCUT2D eigenvalue weighted by Crippen LogP contribution is -2.02. The minimum Gasteiger partial charge on any atom is -0.478 e. The fraction of sp³-hybridized carbons (Fsp3) is 0. The topological polar surface area (TPSA) is 105 Å². The molecule has 0 aliphatic heterocycles. The van der Waals surface area contributed by atoms with Crippen molar-refractivity contribution in [1.29, 1.82) is 0 Å². The van der Waals surface area contributed by atoms with Crippen molar-refractivity contribution in [3.05, 3.63) is 55.6 Å². The first-order chi connectivity index (χ1) is 9.88. The average Bonchev–Trinajstić information content (AvgIpc) is 2.42. The molecule has 1 aromatic carbocycles. The van der Waals surface area contributed by atoms with Gasteiger partial charge in [-0.1, -0.05) is 11.6 Å². The quantitative estimate of drug-likeness (QED) is 0.624. The highest BCUT2D eigenvalue weighted by Crippen LogP contribution is 2.29. The minimum atomic E-state index is -1.12. The maximum atomic E-state index is 11.0. The zero-order chi connectivity index (χ0) is 15.6. The van der Waals surface area contributed by atoms with Crippen molar-refractivity contribution in [1.82, 2.24) is 4.98 Å². The number of nitro groups is 1. The Kier molecular flexibility index (Phi) is 4.39. The predicted molar refractivity (Wildman–Crippen MR) is 80.3 cm³/mol. The number of carbonyl (C=O) groups is 1. The molecule has 2 N–H and O–H groups in total. The molecule has 0 bridgehead atoms. The van der Waals surface area contributed by atoms with Crippen LogP contribution in [0, 0.1) is 10.1 Å². The van der Waals surface area contributed by atoms with E-state index in [-0.39, 0.29) is 22.1 Å². The van der Waals surface area contributed by atoms with Gasteiger partial charge in [-0.2, -0.15) is 0 Å². The van der Waals surface area contributed by atoms with E-state index in [1.54, 1.807) is 6.07 Å². The average molecular weight is 373 g/mol. The number of carboxylic acid groups (broad SMARTS) is 1. The minimum absolute atomic E-state index is 0.0246. The summed E-state index contributed by atoms with van der Waals surface area (Å²) in [6.07, 6.45) is 1.26. The van der Waals surface area contributed by atoms with Crippen LogP contribution < -0.4 is 5.32 Å². The van der Waals surface area contributed by atoms with Crippen molar-refractivity contribution < 1.29 is 14.8 Å². The molecule has 1 aromatic heterocycles. The van der Waals surface area contributed by atoms with Crippen LogP contribution in [-0.2, 0) is 0 Å². The zero-order valence-electron chi connectivity index (χ0n) is 10.2. The molecule has 0 amide bonds. The van der Waals surface area contributed by atoms with Crippen molar-refractivity contribution in [3.63, 3.8) is 0 Å². The van der Waals surface area contributed by atoms with E-state index in [0.717, 1.165) is 6.07 Å². The molecule has 108 valence electrons. The van der Waals surface area contributed by atoms with Crippen molar-refractivity contribution in [3.8, 4) is 0 Å². The summed E-state index contributed by atoms with van der Waals surface area (Å²) in [5, 5.41) is 22.8. The molecule has 7 nitrogen and oxygen atoms in total. The Morgan fingerprint density at radius 3 is 2.76 bits per heavy atom. The Hall–Kier alpha value is -2.19. The number of benzene rings is 1. The summed E-state index contributed by atoms with van der Waals surface area (Å²) >= 11 is 8.79. The van der Waals surface area contributed by atoms with E-state index in [4.69, 9.17) is 16.7 Å². The Morgan fingerprint density at radius 1 is 1.43 bits per heavy atom. The highest BCUT2D eigenvalue weighted by atomic mass is 79.9. The molecule has 0 saturated carbocycles. The SMILES string of the molecule is O=C(O)c1cc(Nc2ncc(Cl)cc2[N+](=O)[O-])ccc1Br. The molecule has 9 heteroatoms. The van der Waals surface area contributed by atoms with Crippen LogP contribution in [0.25, 0.3) is 0 Å². The smallest absolute Gasteiger partial charge is 0.336 e. The Bertz CT molecular complexity index is 738. The Morgan fingerprint density at radius 2 is 2.14 bits per heavy atom. The maximum Gasteiger partial charge on any atom is 0.336 e. The Labute approximate surface area is 131 Å². The third-order valence-corrected chi connectivity index (χ3v) is 3.39. The van der Waals surface area contributed by atoms with Gasteiger partial charge in [0.05, 0.1) is 15.5 Å². The van der Waals surface area contributed by atoms with Gasteiger partial charge in [0.25, 0.3) is 0 Å². The molecule has 0 unspecified atom stereocenters. The number of nitrogens with one attached hydrogen (secondary N) is 1. The molecule has 1 heterocycles. The van der Waals surface area contributed by atoms with E-state index in [0.29, 0.717) is 10.2 Å². The number of rotatable bonds is 4. The van der Waals surface area contributed by atoms with Gasteiger partial charge in [-0.3, -0.25) is 10.1 Å². The molecule has 0 aliphatic rings. The molecular weight excluding hydrogens is 366 g/mol. The molecule has 2 aromatic rings. The van der Waals surface area contributed by atoms with Crippen molar-refractivity contribution in [2.24, 2.45) is 0 Å². The fourth-order valence-corrected chi connectivity index (χ4v) is 2.14. The summed E-state index contributed by atoms with van der Waals surface area (Å²) in [5.74, 6) is -1.15. The first-order valence-corrected chi connectivity index (χ1v) is 6.65. The summed E-state index contributed by atoms with van der Waals surface area (Å²) in [6, 6.07) is 5.59. The van der Waals surface area contributed by atoms with Crippen molar-refractivity contribution in [2.45, 2.75) is 0 Å². The van der Waals surface area contributed by atoms with Crippen LogP contribution in [0.15, 0.2) is 34.9 Å². The fourth-order valence-electron chi connectivity index (χ4n) is 1.57. The van der Waals surface area contributed by atoms with Crippen LogP contribution in [-0.4, -0.2) is 21.0 Å². The van der Waals surface area contributed by atoms with E-state index in [1.807, 2.05) is 0 Å². The standard InChI is InChI=1S/C12H7BrClN3O4/c13-9-2-1-7(4-8(9)12(18)19)16-11-10(17(20)21)3-6(14)5-15-11/h1-5H,(H,15,16)(H,18,19). The third kappa shape index (κ3) is 3.47. The van der Waals surface area contributed by atoms with Crippen LogP contribution in [0.1, 0.15) is 10.4 Å². The summed E-state index contributed by atoms with van der Waals surface area (Å²) < 4.78 is 0.402. The lowest BCUT2D eigenvalue weighted by Gasteiger charge is -2.08. The monoisotopic (exact) mass is 371 g/mol. The second kappa shape index (κ2) is 6.06. The lowest BCUT2D eigenvalue weighted by molar-refractivity contribution is -0.384. The van der Waals surface area contributed by atoms with E-state index >= 15 is 0 Å². The molecule has 21 heavy (non-hydrogen) atoms. The lowest BCUT2D eigenvalue weighted by atomic mass is 10.2. The zero-order valence-corrected chi connectivity index (χ0v) is 12.6. The van der Waals surface area contributed by atoms with Crippen LogP contribution in [0.4, 0.5) is 17.2 Å². The number of aromatic nitrogens is 1. The number of pyridine rings is 1. The van der Waals surface area contributed by atoms with Crippen LogP contribution in [0.3, 0.4) is 0 Å². The van der Waals surface area contributed by atoms with Gasteiger partial charge in [0.15, 0.2) is 0 Å². The summed E-state index contributed by atoms with van der Waals surface area (Å²) in [7, 11) is 0. The number of carboxylic acids is 1. The number of halogens is 2. The van der Waals surface area contributed by atoms with Gasteiger partial charge in [-0.15, -0.1) is 0 Å². The molecule has 0 spiro atoms. The van der Waals surface area contributed by atoms with E-state index in [1.165, 1.54) is 18.3 Å². The summed E-state index contributed by atoms with van der Waals surface area (Å²) in [4.78, 5) is 25.2. The number of anilines is 2. The second-order valence-electron chi connectivity index (χ2n) is 3.90. The van der Waals surface area contributed by atoms with Crippen LogP contribution in [0.5, 0.6) is 0 Å². The molecule has 0 radical (unpaired) electrons. The molecule has 0 fully saturated rings. The van der Waals surface area contributed by atoms with Gasteiger partial charge in [0, 0.05) is 22.4 Å². The maximum absolute atomic E-state index is 11.0. The summed E-state index contributed by atoms with van der Waals surface area (Å²) in [5.41, 5.74) is 0.0763. The largest absolute Gasteiger partial charge is 0.478 e. The predicted octanol–water partition coefficient (Wildman–Crippen LogP) is 3.85. The highest BCUT2D eigenvalue weighted by Gasteiger charge is 2.17. The number of hydrogen-bond acceptors (Lipinski definition) is 5. The van der Waals surface area contributed by atoms with Gasteiger partial charge in [-0.25, -0.2) is 9.78 Å². The van der Waals surface area contributed by atoms with Crippen LogP contribution >= 0.6 is 27.5 Å². The van der Waals surface area contributed by atoms with Crippen molar-refractivity contribution in [2.75, 3.05) is 5.32 Å². The third-order valence-electron chi connectivity index (χ3n) is 2.49. The molecule has 0 atom stereocenters. The second-order valence-corrected chi connectivity index (χ2v) is 5.19. The normalized spacial score (nSPS) is 10.2. The first kappa shape index (κ1) is 15.2. The van der Waals surface area contributed by atoms with Gasteiger partial charge >= 0.3 is 11.7 Å². The molecule has 0 aliphatic carbocycles. The van der Waals surface area contributed by atoms with Gasteiger partial charge < -0.3 is 10.4 Å². The van der Waals surface area contributed by atoms with Gasteiger partial charge in [0.1, 0.15) is 0 Å². The van der Waals surface area contributed by atoms with Crippen LogP contribution in [0.2, 0.25) is 5.02 Å². The Balaban J connectivity index is 2.41. The van der Waals surface area contributed by atoms with Crippen molar-refractivity contribution >= 4 is 50.7 Å². The van der Waals surface area contributed by atoms with E-state index in [2.05, 4.69) is 26.2 Å². The number of nitrogens with zero attached hydrogens (tertiary/aromatic N) is 2. The van der Waals surface area contributed by atoms with E-state index < -0.39 is 10.9 Å². The van der Waals surface area contributed by atoms with Gasteiger partial charge in [-0.05, 0) is 34.1 Å². The molecule has 0 saturated heterocycles. The summed E-state index contributed by atoms with van der Waals surface area (Å²) in [6.45, 7) is 0. The molecule has 2 rings (SSSR count). The molecular formula is C12H7BrClN3O4. The van der Waals surface area contributed by atoms with E-state index in [9.17, 15) is 14.9 Å². The van der Waals surface area contributed by atoms with Gasteiger partial charge in [0.2, 0.25) is 5.82 Å². The highest BCUT2D eigenvalue weighted by molar-refractivity contribution is 9.10.